The van der Waals surface area contributed by atoms with Crippen molar-refractivity contribution in [3.8, 4) is 11.5 Å². The maximum Gasteiger partial charge on any atom is 0.387 e. The van der Waals surface area contributed by atoms with Crippen molar-refractivity contribution in [1.29, 1.82) is 0 Å². The zero-order valence-corrected chi connectivity index (χ0v) is 10.8. The highest BCUT2D eigenvalue weighted by Gasteiger charge is 2.29. The van der Waals surface area contributed by atoms with Crippen LogP contribution in [0.5, 0.6) is 11.5 Å². The van der Waals surface area contributed by atoms with Crippen LogP contribution in [0.15, 0.2) is 23.3 Å². The van der Waals surface area contributed by atoms with Gasteiger partial charge in [-0.15, -0.1) is 0 Å². The fraction of sp³-hybridized carbons (Fsp3) is 0.385. The van der Waals surface area contributed by atoms with Crippen LogP contribution in [0.4, 0.5) is 8.78 Å². The number of amides is 1. The van der Waals surface area contributed by atoms with Gasteiger partial charge in [-0.3, -0.25) is 4.79 Å². The zero-order chi connectivity index (χ0) is 14.5. The first-order valence-corrected chi connectivity index (χ1v) is 6.06. The molecule has 1 amide bonds. The number of methoxy groups -OCH3 is 1. The second-order valence-corrected chi connectivity index (χ2v) is 4.30. The number of rotatable bonds is 6. The molecule has 0 aromatic heterocycles. The van der Waals surface area contributed by atoms with E-state index < -0.39 is 6.61 Å². The third kappa shape index (κ3) is 3.91. The molecule has 0 radical (unpaired) electrons. The van der Waals surface area contributed by atoms with E-state index in [0.29, 0.717) is 5.56 Å². The van der Waals surface area contributed by atoms with E-state index in [0.717, 1.165) is 12.8 Å². The van der Waals surface area contributed by atoms with Crippen molar-refractivity contribution in [2.24, 2.45) is 11.0 Å². The van der Waals surface area contributed by atoms with Gasteiger partial charge in [0.2, 0.25) is 5.91 Å². The molecule has 0 unspecified atom stereocenters. The van der Waals surface area contributed by atoms with Gasteiger partial charge in [-0.25, -0.2) is 5.43 Å². The Morgan fingerprint density at radius 3 is 2.80 bits per heavy atom. The lowest BCUT2D eigenvalue weighted by atomic mass is 10.2. The molecule has 5 nitrogen and oxygen atoms in total. The van der Waals surface area contributed by atoms with E-state index in [-0.39, 0.29) is 23.3 Å². The van der Waals surface area contributed by atoms with Crippen molar-refractivity contribution in [1.82, 2.24) is 5.43 Å². The maximum absolute atomic E-state index is 12.2. The van der Waals surface area contributed by atoms with Crippen LogP contribution in [0.1, 0.15) is 18.4 Å². The predicted molar refractivity (Wildman–Crippen MR) is 68.1 cm³/mol. The average Bonchev–Trinajstić information content (AvgIpc) is 3.24. The molecule has 0 spiro atoms. The van der Waals surface area contributed by atoms with Crippen LogP contribution in [0.2, 0.25) is 0 Å². The number of nitrogens with one attached hydrogen (secondary N) is 1. The first kappa shape index (κ1) is 14.2. The zero-order valence-electron chi connectivity index (χ0n) is 10.8. The molecule has 0 saturated heterocycles. The number of nitrogens with zero attached hydrogens (tertiary/aromatic N) is 1. The third-order valence-electron chi connectivity index (χ3n) is 2.74. The van der Waals surface area contributed by atoms with Gasteiger partial charge in [0.1, 0.15) is 0 Å². The molecule has 0 heterocycles. The molecular weight excluding hydrogens is 270 g/mol. The maximum atomic E-state index is 12.2. The standard InChI is InChI=1S/C13H14F2N2O3/c1-19-11-6-8(2-5-10(11)20-13(14)15)7-16-17-12(18)9-3-4-9/h2,5-7,9,13H,3-4H2,1H3,(H,17,18)/b16-7-. The summed E-state index contributed by atoms with van der Waals surface area (Å²) < 4.78 is 33.6. The van der Waals surface area contributed by atoms with Crippen molar-refractivity contribution in [2.75, 3.05) is 7.11 Å². The highest BCUT2D eigenvalue weighted by molar-refractivity contribution is 5.84. The quantitative estimate of drug-likeness (QED) is 0.643. The molecule has 1 aliphatic rings. The number of hydrazone groups is 1. The Labute approximate surface area is 114 Å². The molecular formula is C13H14F2N2O3. The summed E-state index contributed by atoms with van der Waals surface area (Å²) in [5.74, 6) is 0.0822. The van der Waals surface area contributed by atoms with Gasteiger partial charge in [0.05, 0.1) is 13.3 Å². The van der Waals surface area contributed by atoms with Crippen molar-refractivity contribution in [2.45, 2.75) is 19.5 Å². The van der Waals surface area contributed by atoms with Crippen molar-refractivity contribution in [3.63, 3.8) is 0 Å². The van der Waals surface area contributed by atoms with E-state index in [4.69, 9.17) is 4.74 Å². The van der Waals surface area contributed by atoms with Gasteiger partial charge in [-0.2, -0.15) is 13.9 Å². The van der Waals surface area contributed by atoms with Gasteiger partial charge >= 0.3 is 6.61 Å². The number of halogens is 2. The molecule has 108 valence electrons. The highest BCUT2D eigenvalue weighted by atomic mass is 19.3. The summed E-state index contributed by atoms with van der Waals surface area (Å²) in [5.41, 5.74) is 3.01. The van der Waals surface area contributed by atoms with Gasteiger partial charge in [0, 0.05) is 5.92 Å². The average molecular weight is 284 g/mol. The van der Waals surface area contributed by atoms with Crippen LogP contribution in [-0.4, -0.2) is 25.8 Å². The van der Waals surface area contributed by atoms with Gasteiger partial charge in [0.25, 0.3) is 0 Å². The minimum Gasteiger partial charge on any atom is -0.493 e. The second kappa shape index (κ2) is 6.31. The van der Waals surface area contributed by atoms with Gasteiger partial charge in [0.15, 0.2) is 11.5 Å². The minimum absolute atomic E-state index is 0.0540. The molecule has 7 heteroatoms. The lowest BCUT2D eigenvalue weighted by molar-refractivity contribution is -0.122. The Morgan fingerprint density at radius 2 is 2.20 bits per heavy atom. The lowest BCUT2D eigenvalue weighted by Gasteiger charge is -2.09. The predicted octanol–water partition coefficient (Wildman–Crippen LogP) is 2.16. The summed E-state index contributed by atoms with van der Waals surface area (Å²) in [7, 11) is 1.35. The normalized spacial score (nSPS) is 14.6. The molecule has 1 aromatic rings. The minimum atomic E-state index is -2.92. The number of benzene rings is 1. The number of hydrogen-bond acceptors (Lipinski definition) is 4. The molecule has 20 heavy (non-hydrogen) atoms. The summed E-state index contributed by atoms with van der Waals surface area (Å²) in [6.07, 6.45) is 3.21. The van der Waals surface area contributed by atoms with Crippen molar-refractivity contribution in [3.05, 3.63) is 23.8 Å². The van der Waals surface area contributed by atoms with Crippen LogP contribution in [-0.2, 0) is 4.79 Å². The molecule has 1 N–H and O–H groups in total. The van der Waals surface area contributed by atoms with Crippen LogP contribution < -0.4 is 14.9 Å². The first-order chi connectivity index (χ1) is 9.60. The van der Waals surface area contributed by atoms with E-state index in [2.05, 4.69) is 15.3 Å². The number of alkyl halides is 2. The van der Waals surface area contributed by atoms with E-state index >= 15 is 0 Å². The number of hydrogen-bond donors (Lipinski definition) is 1. The Balaban J connectivity index is 2.00. The first-order valence-electron chi connectivity index (χ1n) is 6.06. The Kier molecular flexibility index (Phi) is 4.49. The third-order valence-corrected chi connectivity index (χ3v) is 2.74. The summed E-state index contributed by atoms with van der Waals surface area (Å²) in [4.78, 5) is 11.3. The topological polar surface area (TPSA) is 59.9 Å². The number of carbonyl (C=O) groups excluding carboxylic acids is 1. The highest BCUT2D eigenvalue weighted by Crippen LogP contribution is 2.29. The van der Waals surface area contributed by atoms with Crippen molar-refractivity contribution >= 4 is 12.1 Å². The molecule has 2 rings (SSSR count). The van der Waals surface area contributed by atoms with Crippen LogP contribution in [0, 0.1) is 5.92 Å². The number of ether oxygens (including phenoxy) is 2. The van der Waals surface area contributed by atoms with E-state index in [9.17, 15) is 13.6 Å². The summed E-state index contributed by atoms with van der Waals surface area (Å²) >= 11 is 0. The molecule has 0 bridgehead atoms. The second-order valence-electron chi connectivity index (χ2n) is 4.30. The Hall–Kier alpha value is -2.18. The summed E-state index contributed by atoms with van der Waals surface area (Å²) in [6, 6.07) is 4.38. The summed E-state index contributed by atoms with van der Waals surface area (Å²) in [5, 5.41) is 3.80. The smallest absolute Gasteiger partial charge is 0.387 e. The Morgan fingerprint density at radius 1 is 1.45 bits per heavy atom. The van der Waals surface area contributed by atoms with Crippen LogP contribution in [0.3, 0.4) is 0 Å². The van der Waals surface area contributed by atoms with E-state index in [1.165, 1.54) is 31.5 Å². The summed E-state index contributed by atoms with van der Waals surface area (Å²) in [6.45, 7) is -2.92. The molecule has 1 fully saturated rings. The molecule has 1 aromatic carbocycles. The van der Waals surface area contributed by atoms with Crippen LogP contribution >= 0.6 is 0 Å². The Bertz CT molecular complexity index is 516. The molecule has 1 saturated carbocycles. The van der Waals surface area contributed by atoms with Gasteiger partial charge < -0.3 is 9.47 Å². The molecule has 0 atom stereocenters. The fourth-order valence-corrected chi connectivity index (χ4v) is 1.57. The monoisotopic (exact) mass is 284 g/mol. The molecule has 1 aliphatic carbocycles. The SMILES string of the molecule is COc1cc(/C=N\NC(=O)C2CC2)ccc1OC(F)F. The van der Waals surface area contributed by atoms with Crippen molar-refractivity contribution < 1.29 is 23.0 Å². The van der Waals surface area contributed by atoms with Gasteiger partial charge in [-0.1, -0.05) is 0 Å². The van der Waals surface area contributed by atoms with Gasteiger partial charge in [-0.05, 0) is 36.6 Å². The van der Waals surface area contributed by atoms with E-state index in [1.807, 2.05) is 0 Å². The number of carbonyl (C=O) groups is 1. The largest absolute Gasteiger partial charge is 0.493 e. The van der Waals surface area contributed by atoms with E-state index in [1.54, 1.807) is 0 Å². The van der Waals surface area contributed by atoms with Crippen LogP contribution in [0.25, 0.3) is 0 Å². The lowest BCUT2D eigenvalue weighted by Crippen LogP contribution is -2.18. The molecule has 0 aliphatic heterocycles. The fourth-order valence-electron chi connectivity index (χ4n) is 1.57.